The Balaban J connectivity index is 0.000000601. The van der Waals surface area contributed by atoms with Gasteiger partial charge in [-0.05, 0) is 68.2 Å². The number of fused-ring (bicyclic) bond motifs is 6. The van der Waals surface area contributed by atoms with Gasteiger partial charge in [-0.3, -0.25) is 9.59 Å². The summed E-state index contributed by atoms with van der Waals surface area (Å²) in [5.41, 5.74) is 1.97. The lowest BCUT2D eigenvalue weighted by Gasteiger charge is -2.24. The van der Waals surface area contributed by atoms with Crippen LogP contribution in [-0.4, -0.2) is 53.2 Å². The van der Waals surface area contributed by atoms with Gasteiger partial charge in [-0.15, -0.1) is 0 Å². The third-order valence-electron chi connectivity index (χ3n) is 7.04. The predicted molar refractivity (Wildman–Crippen MR) is 124 cm³/mol. The number of hydrogen-bond donors (Lipinski definition) is 2. The van der Waals surface area contributed by atoms with Gasteiger partial charge in [-0.25, -0.2) is 4.79 Å². The summed E-state index contributed by atoms with van der Waals surface area (Å²) in [5, 5.41) is 11.9. The molecule has 1 aromatic carbocycles. The first kappa shape index (κ1) is 23.3. The number of hydrogen-bond acceptors (Lipinski definition) is 6. The number of amides is 1. The van der Waals surface area contributed by atoms with Crippen molar-refractivity contribution >= 4 is 22.8 Å². The van der Waals surface area contributed by atoms with E-state index in [9.17, 15) is 9.59 Å². The quantitative estimate of drug-likeness (QED) is 0.681. The van der Waals surface area contributed by atoms with E-state index in [0.29, 0.717) is 41.7 Å². The molecule has 3 aliphatic heterocycles. The molecular weight excluding hydrogens is 424 g/mol. The summed E-state index contributed by atoms with van der Waals surface area (Å²) in [6.07, 6.45) is 2.58. The first-order valence-corrected chi connectivity index (χ1v) is 11.7. The SMILES string of the molecule is CC(=O)O.CCc1cc(=O)oc2cc(C)cc(OC(C)C(=O)N3C[C@@H]4[C@H](C3)[C@@H]3CC[C@H]4N3)c12. The number of ether oxygens (including phenoxy) is 1. The highest BCUT2D eigenvalue weighted by atomic mass is 16.5. The molecule has 2 bridgehead atoms. The lowest BCUT2D eigenvalue weighted by Crippen LogP contribution is -2.41. The number of benzene rings is 1. The van der Waals surface area contributed by atoms with Crippen molar-refractivity contribution in [3.05, 3.63) is 39.7 Å². The van der Waals surface area contributed by atoms with Crippen LogP contribution in [0.25, 0.3) is 11.0 Å². The first-order valence-electron chi connectivity index (χ1n) is 11.7. The molecule has 1 aromatic heterocycles. The molecule has 3 saturated heterocycles. The van der Waals surface area contributed by atoms with Crippen LogP contribution in [0.4, 0.5) is 0 Å². The normalized spacial score (nSPS) is 26.0. The highest BCUT2D eigenvalue weighted by Gasteiger charge is 2.52. The molecular formula is C25H32N2O6. The Morgan fingerprint density at radius 3 is 2.39 bits per heavy atom. The van der Waals surface area contributed by atoms with Crippen LogP contribution < -0.4 is 15.7 Å². The maximum Gasteiger partial charge on any atom is 0.336 e. The molecule has 2 N–H and O–H groups in total. The van der Waals surface area contributed by atoms with Crippen molar-refractivity contribution in [3.8, 4) is 5.75 Å². The largest absolute Gasteiger partial charge is 0.481 e. The Bertz CT molecular complexity index is 1100. The number of carbonyl (C=O) groups excluding carboxylic acids is 1. The van der Waals surface area contributed by atoms with Crippen molar-refractivity contribution in [2.75, 3.05) is 13.1 Å². The van der Waals surface area contributed by atoms with Gasteiger partial charge in [0.1, 0.15) is 11.3 Å². The van der Waals surface area contributed by atoms with Crippen LogP contribution in [0.2, 0.25) is 0 Å². The molecule has 3 fully saturated rings. The minimum absolute atomic E-state index is 0.0453. The molecule has 33 heavy (non-hydrogen) atoms. The van der Waals surface area contributed by atoms with Gasteiger partial charge in [0.05, 0.1) is 5.39 Å². The third kappa shape index (κ3) is 4.62. The van der Waals surface area contributed by atoms with Crippen LogP contribution in [-0.2, 0) is 16.0 Å². The van der Waals surface area contributed by atoms with E-state index in [1.807, 2.05) is 37.8 Å². The minimum atomic E-state index is -0.833. The molecule has 178 valence electrons. The van der Waals surface area contributed by atoms with Gasteiger partial charge in [0.15, 0.2) is 6.10 Å². The highest BCUT2D eigenvalue weighted by molar-refractivity contribution is 5.88. The Morgan fingerprint density at radius 1 is 1.21 bits per heavy atom. The van der Waals surface area contributed by atoms with Crippen molar-refractivity contribution < 1.29 is 23.8 Å². The Hall–Kier alpha value is -2.87. The molecule has 1 unspecified atom stereocenters. The molecule has 4 heterocycles. The van der Waals surface area contributed by atoms with E-state index in [1.54, 1.807) is 0 Å². The second-order valence-electron chi connectivity index (χ2n) is 9.39. The maximum atomic E-state index is 13.2. The summed E-state index contributed by atoms with van der Waals surface area (Å²) >= 11 is 0. The van der Waals surface area contributed by atoms with Gasteiger partial charge >= 0.3 is 5.63 Å². The Labute approximate surface area is 192 Å². The lowest BCUT2D eigenvalue weighted by atomic mass is 9.82. The van der Waals surface area contributed by atoms with Crippen molar-refractivity contribution in [2.24, 2.45) is 11.8 Å². The molecule has 2 aromatic rings. The summed E-state index contributed by atoms with van der Waals surface area (Å²) in [7, 11) is 0. The van der Waals surface area contributed by atoms with E-state index >= 15 is 0 Å². The fourth-order valence-corrected chi connectivity index (χ4v) is 5.70. The van der Waals surface area contributed by atoms with Gasteiger partial charge in [0.2, 0.25) is 0 Å². The van der Waals surface area contributed by atoms with E-state index in [2.05, 4.69) is 5.32 Å². The van der Waals surface area contributed by atoms with Crippen LogP contribution in [0, 0.1) is 18.8 Å². The summed E-state index contributed by atoms with van der Waals surface area (Å²) in [6, 6.07) is 6.44. The molecule has 1 amide bonds. The van der Waals surface area contributed by atoms with Crippen molar-refractivity contribution in [1.82, 2.24) is 10.2 Å². The van der Waals surface area contributed by atoms with Crippen molar-refractivity contribution in [3.63, 3.8) is 0 Å². The number of carboxylic acids is 1. The van der Waals surface area contributed by atoms with Crippen LogP contribution in [0.1, 0.15) is 44.7 Å². The number of carboxylic acid groups (broad SMARTS) is 1. The zero-order valence-corrected chi connectivity index (χ0v) is 19.6. The van der Waals surface area contributed by atoms with Crippen LogP contribution in [0.5, 0.6) is 5.75 Å². The van der Waals surface area contributed by atoms with E-state index in [1.165, 1.54) is 18.9 Å². The molecule has 5 atom stereocenters. The van der Waals surface area contributed by atoms with Gasteiger partial charge in [-0.1, -0.05) is 6.92 Å². The Kier molecular flexibility index (Phi) is 6.47. The number of carbonyl (C=O) groups is 2. The smallest absolute Gasteiger partial charge is 0.336 e. The highest BCUT2D eigenvalue weighted by Crippen LogP contribution is 2.43. The van der Waals surface area contributed by atoms with Crippen LogP contribution in [0.15, 0.2) is 27.4 Å². The number of nitrogens with one attached hydrogen (secondary N) is 1. The van der Waals surface area contributed by atoms with Gasteiger partial charge < -0.3 is 24.5 Å². The monoisotopic (exact) mass is 456 g/mol. The predicted octanol–water partition coefficient (Wildman–Crippen LogP) is 2.73. The van der Waals surface area contributed by atoms with E-state index in [0.717, 1.165) is 36.5 Å². The standard InChI is InChI=1S/C23H28N2O4.C2H4O2/c1-4-14-9-21(26)29-20-8-12(2)7-19(22(14)20)28-13(3)23(27)25-10-15-16(11-25)18-6-5-17(15)24-18;1-2(3)4/h7-9,13,15-18,24H,4-6,10-11H2,1-3H3;1H3,(H,3,4)/t13?,15-,16+,17-,18+;. The average Bonchev–Trinajstić information content (AvgIpc) is 3.45. The number of nitrogens with zero attached hydrogens (tertiary/aromatic N) is 1. The molecule has 8 nitrogen and oxygen atoms in total. The second-order valence-corrected chi connectivity index (χ2v) is 9.39. The maximum absolute atomic E-state index is 13.2. The van der Waals surface area contributed by atoms with Crippen molar-refractivity contribution in [1.29, 1.82) is 0 Å². The van der Waals surface area contributed by atoms with E-state index in [4.69, 9.17) is 19.1 Å². The molecule has 0 aliphatic carbocycles. The molecule has 0 spiro atoms. The number of rotatable bonds is 4. The van der Waals surface area contributed by atoms with Gasteiger partial charge in [-0.2, -0.15) is 0 Å². The van der Waals surface area contributed by atoms with E-state index in [-0.39, 0.29) is 11.5 Å². The van der Waals surface area contributed by atoms with Crippen molar-refractivity contribution in [2.45, 2.75) is 65.1 Å². The zero-order valence-electron chi connectivity index (χ0n) is 19.6. The van der Waals surface area contributed by atoms with E-state index < -0.39 is 12.1 Å². The van der Waals surface area contributed by atoms with Crippen LogP contribution >= 0.6 is 0 Å². The topological polar surface area (TPSA) is 109 Å². The average molecular weight is 457 g/mol. The number of aryl methyl sites for hydroxylation is 2. The number of aliphatic carboxylic acids is 1. The fourth-order valence-electron chi connectivity index (χ4n) is 5.70. The lowest BCUT2D eigenvalue weighted by molar-refractivity contribution is -0.137. The Morgan fingerprint density at radius 2 is 1.82 bits per heavy atom. The summed E-state index contributed by atoms with van der Waals surface area (Å²) in [4.78, 5) is 36.0. The fraction of sp³-hybridized carbons (Fsp3) is 0.560. The second kappa shape index (κ2) is 9.17. The molecule has 0 saturated carbocycles. The number of likely N-dealkylation sites (tertiary alicyclic amines) is 1. The first-order chi connectivity index (χ1) is 15.7. The molecule has 5 rings (SSSR count). The van der Waals surface area contributed by atoms with Crippen LogP contribution in [0.3, 0.4) is 0 Å². The summed E-state index contributed by atoms with van der Waals surface area (Å²) in [6.45, 7) is 8.49. The molecule has 0 radical (unpaired) electrons. The minimum Gasteiger partial charge on any atom is -0.481 e. The third-order valence-corrected chi connectivity index (χ3v) is 7.04. The summed E-state index contributed by atoms with van der Waals surface area (Å²) < 4.78 is 11.6. The zero-order chi connectivity index (χ0) is 23.9. The van der Waals surface area contributed by atoms with Gasteiger partial charge in [0.25, 0.3) is 11.9 Å². The molecule has 8 heteroatoms. The summed E-state index contributed by atoms with van der Waals surface area (Å²) in [5.74, 6) is 1.00. The van der Waals surface area contributed by atoms with Gasteiger partial charge in [0, 0.05) is 38.2 Å². The molecule has 3 aliphatic rings.